The first-order chi connectivity index (χ1) is 13.3. The smallest absolute Gasteiger partial charge is 0.220 e. The van der Waals surface area contributed by atoms with E-state index in [0.29, 0.717) is 11.1 Å². The number of nitrogens with zero attached hydrogens (tertiary/aromatic N) is 4. The third-order valence-corrected chi connectivity index (χ3v) is 5.81. The summed E-state index contributed by atoms with van der Waals surface area (Å²) < 4.78 is 1.94. The quantitative estimate of drug-likeness (QED) is 0.315. The third kappa shape index (κ3) is 4.59. The standard InChI is InChI=1S/C21H24N4O2S/c1-14(2)17-7-9-18(10-8-17)20(13-24(26)27)28-21-23-22-16(4)25(21)19-11-5-15(3)6-12-19/h5-12,14,20H,13H2,1-4H3/t20-/m0/s1. The van der Waals surface area contributed by atoms with Crippen molar-refractivity contribution in [3.63, 3.8) is 0 Å². The summed E-state index contributed by atoms with van der Waals surface area (Å²) in [6.07, 6.45) is 0. The molecule has 0 saturated carbocycles. The van der Waals surface area contributed by atoms with Crippen LogP contribution in [0.5, 0.6) is 0 Å². The van der Waals surface area contributed by atoms with Gasteiger partial charge in [0, 0.05) is 10.6 Å². The first-order valence-corrected chi connectivity index (χ1v) is 10.1. The van der Waals surface area contributed by atoms with Crippen LogP contribution in [0.3, 0.4) is 0 Å². The Bertz CT molecular complexity index is 950. The van der Waals surface area contributed by atoms with Crippen LogP contribution < -0.4 is 0 Å². The highest BCUT2D eigenvalue weighted by molar-refractivity contribution is 7.99. The van der Waals surface area contributed by atoms with Gasteiger partial charge >= 0.3 is 0 Å². The summed E-state index contributed by atoms with van der Waals surface area (Å²) in [5.74, 6) is 1.17. The molecule has 0 aliphatic carbocycles. The number of hydrogen-bond donors (Lipinski definition) is 0. The van der Waals surface area contributed by atoms with E-state index in [9.17, 15) is 10.1 Å². The summed E-state index contributed by atoms with van der Waals surface area (Å²) in [6.45, 7) is 8.00. The van der Waals surface area contributed by atoms with E-state index in [1.54, 1.807) is 0 Å². The Morgan fingerprint density at radius 2 is 1.61 bits per heavy atom. The number of rotatable bonds is 7. The summed E-state index contributed by atoms with van der Waals surface area (Å²) in [6, 6.07) is 16.1. The van der Waals surface area contributed by atoms with E-state index in [2.05, 4.69) is 24.0 Å². The Morgan fingerprint density at radius 1 is 1.00 bits per heavy atom. The highest BCUT2D eigenvalue weighted by atomic mass is 32.2. The molecule has 0 N–H and O–H groups in total. The molecule has 3 aromatic rings. The molecule has 0 bridgehead atoms. The van der Waals surface area contributed by atoms with Crippen molar-refractivity contribution in [2.24, 2.45) is 0 Å². The van der Waals surface area contributed by atoms with Crippen molar-refractivity contribution in [1.29, 1.82) is 0 Å². The second kappa shape index (κ2) is 8.56. The molecule has 1 aromatic heterocycles. The van der Waals surface area contributed by atoms with E-state index in [1.807, 2.05) is 66.9 Å². The van der Waals surface area contributed by atoms with Crippen molar-refractivity contribution < 1.29 is 4.92 Å². The normalized spacial score (nSPS) is 12.3. The molecular formula is C21H24N4O2S. The Hall–Kier alpha value is -2.67. The largest absolute Gasteiger partial charge is 0.274 e. The van der Waals surface area contributed by atoms with Crippen LogP contribution in [0.25, 0.3) is 5.69 Å². The molecule has 28 heavy (non-hydrogen) atoms. The zero-order valence-electron chi connectivity index (χ0n) is 16.5. The van der Waals surface area contributed by atoms with Crippen LogP contribution in [0, 0.1) is 24.0 Å². The van der Waals surface area contributed by atoms with E-state index in [1.165, 1.54) is 22.9 Å². The lowest BCUT2D eigenvalue weighted by Crippen LogP contribution is -2.11. The molecule has 7 heteroatoms. The van der Waals surface area contributed by atoms with Gasteiger partial charge in [-0.15, -0.1) is 10.2 Å². The lowest BCUT2D eigenvalue weighted by molar-refractivity contribution is -0.479. The minimum atomic E-state index is -0.344. The summed E-state index contributed by atoms with van der Waals surface area (Å²) in [5.41, 5.74) is 4.25. The number of benzene rings is 2. The second-order valence-corrected chi connectivity index (χ2v) is 8.31. The Morgan fingerprint density at radius 3 is 2.18 bits per heavy atom. The van der Waals surface area contributed by atoms with Crippen molar-refractivity contribution >= 4 is 11.8 Å². The second-order valence-electron chi connectivity index (χ2n) is 7.14. The zero-order chi connectivity index (χ0) is 20.3. The summed E-state index contributed by atoms with van der Waals surface area (Å²) in [4.78, 5) is 11.0. The van der Waals surface area contributed by atoms with Gasteiger partial charge in [-0.1, -0.05) is 67.6 Å². The number of thioether (sulfide) groups is 1. The van der Waals surface area contributed by atoms with Crippen molar-refractivity contribution in [3.8, 4) is 5.69 Å². The molecule has 3 rings (SSSR count). The van der Waals surface area contributed by atoms with Crippen LogP contribution in [0.1, 0.15) is 47.5 Å². The highest BCUT2D eigenvalue weighted by Crippen LogP contribution is 2.36. The number of aromatic nitrogens is 3. The average Bonchev–Trinajstić information content (AvgIpc) is 3.02. The maximum Gasteiger partial charge on any atom is 0.220 e. The Balaban J connectivity index is 1.94. The molecule has 0 saturated heterocycles. The first-order valence-electron chi connectivity index (χ1n) is 9.22. The van der Waals surface area contributed by atoms with E-state index in [0.717, 1.165) is 17.1 Å². The van der Waals surface area contributed by atoms with Gasteiger partial charge in [0.25, 0.3) is 0 Å². The molecule has 1 heterocycles. The maximum atomic E-state index is 11.3. The number of hydrogen-bond acceptors (Lipinski definition) is 5. The van der Waals surface area contributed by atoms with Crippen LogP contribution in [-0.4, -0.2) is 26.2 Å². The van der Waals surface area contributed by atoms with Crippen LogP contribution in [0.15, 0.2) is 53.7 Å². The third-order valence-electron chi connectivity index (χ3n) is 4.62. The van der Waals surface area contributed by atoms with Gasteiger partial charge in [0.1, 0.15) is 11.1 Å². The first kappa shape index (κ1) is 20.1. The molecule has 0 unspecified atom stereocenters. The molecule has 1 atom stereocenters. The van der Waals surface area contributed by atoms with Gasteiger partial charge in [-0.05, 0) is 43.0 Å². The zero-order valence-corrected chi connectivity index (χ0v) is 17.3. The van der Waals surface area contributed by atoms with Gasteiger partial charge in [-0.3, -0.25) is 14.7 Å². The van der Waals surface area contributed by atoms with Crippen LogP contribution >= 0.6 is 11.8 Å². The molecule has 6 nitrogen and oxygen atoms in total. The van der Waals surface area contributed by atoms with Gasteiger partial charge in [0.15, 0.2) is 5.16 Å². The number of aryl methyl sites for hydroxylation is 2. The fourth-order valence-electron chi connectivity index (χ4n) is 2.98. The van der Waals surface area contributed by atoms with E-state index in [4.69, 9.17) is 0 Å². The fraction of sp³-hybridized carbons (Fsp3) is 0.333. The molecule has 0 aliphatic heterocycles. The molecule has 2 aromatic carbocycles. The highest BCUT2D eigenvalue weighted by Gasteiger charge is 2.23. The topological polar surface area (TPSA) is 73.8 Å². The molecule has 0 spiro atoms. The molecular weight excluding hydrogens is 372 g/mol. The predicted octanol–water partition coefficient (Wildman–Crippen LogP) is 5.12. The van der Waals surface area contributed by atoms with Gasteiger partial charge in [0.05, 0.1) is 0 Å². The maximum absolute atomic E-state index is 11.3. The summed E-state index contributed by atoms with van der Waals surface area (Å²) in [5, 5.41) is 20.1. The molecule has 0 radical (unpaired) electrons. The lowest BCUT2D eigenvalue weighted by atomic mass is 10.0. The number of nitro groups is 1. The van der Waals surface area contributed by atoms with E-state index in [-0.39, 0.29) is 16.7 Å². The van der Waals surface area contributed by atoms with Gasteiger partial charge in [0.2, 0.25) is 6.54 Å². The Kier molecular flexibility index (Phi) is 6.14. The lowest BCUT2D eigenvalue weighted by Gasteiger charge is -2.15. The fourth-order valence-corrected chi connectivity index (χ4v) is 4.15. The van der Waals surface area contributed by atoms with Crippen molar-refractivity contribution in [2.75, 3.05) is 6.54 Å². The van der Waals surface area contributed by atoms with E-state index >= 15 is 0 Å². The molecule has 146 valence electrons. The summed E-state index contributed by atoms with van der Waals surface area (Å²) >= 11 is 1.38. The van der Waals surface area contributed by atoms with Crippen molar-refractivity contribution in [3.05, 3.63) is 81.2 Å². The monoisotopic (exact) mass is 396 g/mol. The van der Waals surface area contributed by atoms with E-state index < -0.39 is 0 Å². The van der Waals surface area contributed by atoms with Crippen LogP contribution in [-0.2, 0) is 0 Å². The van der Waals surface area contributed by atoms with Crippen LogP contribution in [0.4, 0.5) is 0 Å². The summed E-state index contributed by atoms with van der Waals surface area (Å²) in [7, 11) is 0. The van der Waals surface area contributed by atoms with Crippen LogP contribution in [0.2, 0.25) is 0 Å². The Labute approximate surface area is 169 Å². The predicted molar refractivity (Wildman–Crippen MR) is 112 cm³/mol. The molecule has 0 amide bonds. The SMILES string of the molecule is Cc1ccc(-n2c(C)nnc2S[C@@H](C[N+](=O)[O-])c2ccc(C(C)C)cc2)cc1. The van der Waals surface area contributed by atoms with Crippen molar-refractivity contribution in [1.82, 2.24) is 14.8 Å². The van der Waals surface area contributed by atoms with Gasteiger partial charge in [-0.25, -0.2) is 0 Å². The average molecular weight is 397 g/mol. The minimum absolute atomic E-state index is 0.175. The molecule has 0 fully saturated rings. The van der Waals surface area contributed by atoms with Gasteiger partial charge in [-0.2, -0.15) is 0 Å². The minimum Gasteiger partial charge on any atom is -0.274 e. The molecule has 0 aliphatic rings. The van der Waals surface area contributed by atoms with Gasteiger partial charge < -0.3 is 0 Å². The van der Waals surface area contributed by atoms with Crippen molar-refractivity contribution in [2.45, 2.75) is 44.0 Å².